The summed E-state index contributed by atoms with van der Waals surface area (Å²) in [5.74, 6) is 0.267. The molecule has 0 fully saturated rings. The van der Waals surface area contributed by atoms with E-state index in [4.69, 9.17) is 0 Å². The number of ketones is 1. The standard InChI is InChI=1S/C12H19N3O/c1-14(2)7-8-15-11-5-3-4-6-12(16)10(11)9-13-15/h9H,3-8H2,1-2H3. The summed E-state index contributed by atoms with van der Waals surface area (Å²) in [6.45, 7) is 1.83. The molecule has 16 heavy (non-hydrogen) atoms. The van der Waals surface area contributed by atoms with E-state index in [1.807, 2.05) is 18.8 Å². The van der Waals surface area contributed by atoms with Gasteiger partial charge < -0.3 is 4.90 Å². The molecule has 1 aromatic heterocycles. The maximum atomic E-state index is 11.8. The summed E-state index contributed by atoms with van der Waals surface area (Å²) in [6.07, 6.45) is 5.55. The fraction of sp³-hybridized carbons (Fsp3) is 0.667. The first-order chi connectivity index (χ1) is 7.68. The monoisotopic (exact) mass is 221 g/mol. The predicted octanol–water partition coefficient (Wildman–Crippen LogP) is 1.35. The zero-order valence-electron chi connectivity index (χ0n) is 10.1. The second-order valence-corrected chi connectivity index (χ2v) is 4.66. The van der Waals surface area contributed by atoms with Crippen LogP contribution < -0.4 is 0 Å². The van der Waals surface area contributed by atoms with Crippen molar-refractivity contribution >= 4 is 5.78 Å². The first-order valence-corrected chi connectivity index (χ1v) is 5.91. The number of carbonyl (C=O) groups excluding carboxylic acids is 1. The lowest BCUT2D eigenvalue weighted by molar-refractivity contribution is 0.0982. The minimum absolute atomic E-state index is 0.267. The van der Waals surface area contributed by atoms with Crippen molar-refractivity contribution in [2.45, 2.75) is 32.2 Å². The maximum absolute atomic E-state index is 11.8. The fourth-order valence-corrected chi connectivity index (χ4v) is 2.11. The van der Waals surface area contributed by atoms with Crippen molar-refractivity contribution < 1.29 is 4.79 Å². The molecule has 88 valence electrons. The van der Waals surface area contributed by atoms with Gasteiger partial charge in [0.1, 0.15) is 0 Å². The molecule has 1 aliphatic carbocycles. The van der Waals surface area contributed by atoms with Gasteiger partial charge in [-0.2, -0.15) is 5.10 Å². The third kappa shape index (κ3) is 2.32. The van der Waals surface area contributed by atoms with Crippen LogP contribution in [0.15, 0.2) is 6.20 Å². The molecule has 0 radical (unpaired) electrons. The molecule has 0 unspecified atom stereocenters. The molecular formula is C12H19N3O. The SMILES string of the molecule is CN(C)CCn1ncc2c1CCCCC2=O. The summed E-state index contributed by atoms with van der Waals surface area (Å²) in [7, 11) is 4.10. The maximum Gasteiger partial charge on any atom is 0.166 e. The highest BCUT2D eigenvalue weighted by Crippen LogP contribution is 2.20. The molecule has 4 heteroatoms. The quantitative estimate of drug-likeness (QED) is 0.723. The molecule has 0 aromatic carbocycles. The predicted molar refractivity (Wildman–Crippen MR) is 62.7 cm³/mol. The Hall–Kier alpha value is -1.16. The van der Waals surface area contributed by atoms with Crippen molar-refractivity contribution in [1.29, 1.82) is 0 Å². The van der Waals surface area contributed by atoms with E-state index in [1.165, 1.54) is 0 Å². The lowest BCUT2D eigenvalue weighted by Crippen LogP contribution is -2.20. The lowest BCUT2D eigenvalue weighted by atomic mass is 10.1. The van der Waals surface area contributed by atoms with Crippen LogP contribution in [-0.2, 0) is 13.0 Å². The van der Waals surface area contributed by atoms with Crippen LogP contribution >= 0.6 is 0 Å². The van der Waals surface area contributed by atoms with Crippen molar-refractivity contribution in [3.63, 3.8) is 0 Å². The molecule has 0 N–H and O–H groups in total. The van der Waals surface area contributed by atoms with Gasteiger partial charge in [-0.15, -0.1) is 0 Å². The smallest absolute Gasteiger partial charge is 0.166 e. The highest BCUT2D eigenvalue weighted by atomic mass is 16.1. The van der Waals surface area contributed by atoms with Gasteiger partial charge >= 0.3 is 0 Å². The van der Waals surface area contributed by atoms with Crippen LogP contribution in [0.5, 0.6) is 0 Å². The summed E-state index contributed by atoms with van der Waals surface area (Å²) < 4.78 is 2.00. The normalized spacial score (nSPS) is 16.3. The molecule has 0 saturated heterocycles. The topological polar surface area (TPSA) is 38.1 Å². The van der Waals surface area contributed by atoms with E-state index >= 15 is 0 Å². The number of hydrogen-bond donors (Lipinski definition) is 0. The molecule has 4 nitrogen and oxygen atoms in total. The minimum Gasteiger partial charge on any atom is -0.308 e. The van der Waals surface area contributed by atoms with E-state index in [1.54, 1.807) is 6.20 Å². The Balaban J connectivity index is 2.18. The van der Waals surface area contributed by atoms with E-state index < -0.39 is 0 Å². The second kappa shape index (κ2) is 4.78. The summed E-state index contributed by atoms with van der Waals surface area (Å²) in [5, 5.41) is 4.33. The molecule has 1 aliphatic rings. The molecule has 0 atom stereocenters. The summed E-state index contributed by atoms with van der Waals surface area (Å²) in [6, 6.07) is 0. The average Bonchev–Trinajstić information content (AvgIpc) is 2.55. The number of Topliss-reactive ketones (excluding diaryl/α,β-unsaturated/α-hetero) is 1. The largest absolute Gasteiger partial charge is 0.308 e. The number of carbonyl (C=O) groups is 1. The number of aromatic nitrogens is 2. The van der Waals surface area contributed by atoms with Crippen LogP contribution in [0.25, 0.3) is 0 Å². The van der Waals surface area contributed by atoms with Crippen molar-refractivity contribution in [2.24, 2.45) is 0 Å². The number of nitrogens with zero attached hydrogens (tertiary/aromatic N) is 3. The van der Waals surface area contributed by atoms with Crippen LogP contribution in [0.2, 0.25) is 0 Å². The molecule has 0 bridgehead atoms. The Bertz CT molecular complexity index is 382. The summed E-state index contributed by atoms with van der Waals surface area (Å²) in [5.41, 5.74) is 2.00. The Labute approximate surface area is 96.2 Å². The zero-order chi connectivity index (χ0) is 11.5. The molecule has 0 aliphatic heterocycles. The van der Waals surface area contributed by atoms with Gasteiger partial charge in [0.15, 0.2) is 5.78 Å². The van der Waals surface area contributed by atoms with Gasteiger partial charge in [-0.05, 0) is 33.4 Å². The fourth-order valence-electron chi connectivity index (χ4n) is 2.11. The molecule has 1 heterocycles. The Morgan fingerprint density at radius 1 is 1.38 bits per heavy atom. The number of fused-ring (bicyclic) bond motifs is 1. The highest BCUT2D eigenvalue weighted by molar-refractivity contribution is 5.97. The van der Waals surface area contributed by atoms with Gasteiger partial charge in [0.05, 0.1) is 18.3 Å². The Kier molecular flexibility index (Phi) is 3.39. The van der Waals surface area contributed by atoms with E-state index in [-0.39, 0.29) is 5.78 Å². The number of hydrogen-bond acceptors (Lipinski definition) is 3. The Morgan fingerprint density at radius 2 is 2.12 bits per heavy atom. The first kappa shape index (κ1) is 11.3. The van der Waals surface area contributed by atoms with Gasteiger partial charge in [0, 0.05) is 18.7 Å². The van der Waals surface area contributed by atoms with Gasteiger partial charge in [-0.25, -0.2) is 0 Å². The molecule has 2 rings (SSSR count). The van der Waals surface area contributed by atoms with E-state index in [0.29, 0.717) is 6.42 Å². The van der Waals surface area contributed by atoms with Crippen molar-refractivity contribution in [2.75, 3.05) is 20.6 Å². The van der Waals surface area contributed by atoms with Crippen molar-refractivity contribution in [3.05, 3.63) is 17.5 Å². The minimum atomic E-state index is 0.267. The van der Waals surface area contributed by atoms with Crippen molar-refractivity contribution in [3.8, 4) is 0 Å². The Morgan fingerprint density at radius 3 is 2.88 bits per heavy atom. The number of likely N-dealkylation sites (N-methyl/N-ethyl adjacent to an activating group) is 1. The van der Waals surface area contributed by atoms with Gasteiger partial charge in [0.2, 0.25) is 0 Å². The second-order valence-electron chi connectivity index (χ2n) is 4.66. The zero-order valence-corrected chi connectivity index (χ0v) is 10.1. The van der Waals surface area contributed by atoms with Gasteiger partial charge in [-0.3, -0.25) is 9.48 Å². The van der Waals surface area contributed by atoms with Gasteiger partial charge in [0.25, 0.3) is 0 Å². The molecule has 0 amide bonds. The summed E-state index contributed by atoms with van der Waals surface area (Å²) in [4.78, 5) is 13.9. The molecule has 0 spiro atoms. The van der Waals surface area contributed by atoms with E-state index in [0.717, 1.165) is 43.6 Å². The number of rotatable bonds is 3. The third-order valence-corrected chi connectivity index (χ3v) is 3.08. The first-order valence-electron chi connectivity index (χ1n) is 5.91. The van der Waals surface area contributed by atoms with Crippen LogP contribution in [0.1, 0.15) is 35.3 Å². The van der Waals surface area contributed by atoms with E-state index in [9.17, 15) is 4.79 Å². The van der Waals surface area contributed by atoms with Crippen molar-refractivity contribution in [1.82, 2.24) is 14.7 Å². The van der Waals surface area contributed by atoms with Crippen LogP contribution in [0.3, 0.4) is 0 Å². The molecule has 0 saturated carbocycles. The molecule has 1 aromatic rings. The lowest BCUT2D eigenvalue weighted by Gasteiger charge is -2.11. The summed E-state index contributed by atoms with van der Waals surface area (Å²) >= 11 is 0. The van der Waals surface area contributed by atoms with E-state index in [2.05, 4.69) is 10.00 Å². The van der Waals surface area contributed by atoms with Crippen LogP contribution in [-0.4, -0.2) is 41.1 Å². The third-order valence-electron chi connectivity index (χ3n) is 3.08. The average molecular weight is 221 g/mol. The highest BCUT2D eigenvalue weighted by Gasteiger charge is 2.19. The van der Waals surface area contributed by atoms with Gasteiger partial charge in [-0.1, -0.05) is 0 Å². The van der Waals surface area contributed by atoms with Crippen LogP contribution in [0, 0.1) is 0 Å². The van der Waals surface area contributed by atoms with Crippen LogP contribution in [0.4, 0.5) is 0 Å². The molecular weight excluding hydrogens is 202 g/mol.